The second-order valence-electron chi connectivity index (χ2n) is 8.02. The first-order valence-electron chi connectivity index (χ1n) is 10.9. The van der Waals surface area contributed by atoms with Gasteiger partial charge in [-0.3, -0.25) is 4.79 Å². The van der Waals surface area contributed by atoms with Gasteiger partial charge in [0.2, 0.25) is 0 Å². The van der Waals surface area contributed by atoms with E-state index in [1.54, 1.807) is 29.7 Å². The Bertz CT molecular complexity index is 1200. The lowest BCUT2D eigenvalue weighted by Crippen LogP contribution is -2.33. The number of carbonyl (C=O) groups excluding carboxylic acids is 1. The van der Waals surface area contributed by atoms with Crippen LogP contribution in [0.15, 0.2) is 78.9 Å². The molecule has 0 aliphatic heterocycles. The number of rotatable bonds is 8. The SMILES string of the molecule is C[C@@H](O)CNC(=O)c1ccc2nc(C(O)(c3ccccc3)c3ccccc3)n(CCO)c2c1. The van der Waals surface area contributed by atoms with Gasteiger partial charge in [0.15, 0.2) is 11.4 Å². The number of hydrogen-bond acceptors (Lipinski definition) is 5. The molecule has 0 bridgehead atoms. The van der Waals surface area contributed by atoms with E-state index in [-0.39, 0.29) is 25.6 Å². The first kappa shape index (κ1) is 22.7. The highest BCUT2D eigenvalue weighted by Crippen LogP contribution is 2.37. The first-order chi connectivity index (χ1) is 15.9. The quantitative estimate of drug-likeness (QED) is 0.333. The van der Waals surface area contributed by atoms with Crippen molar-refractivity contribution >= 4 is 16.9 Å². The smallest absolute Gasteiger partial charge is 0.251 e. The predicted octanol–water partition coefficient (Wildman–Crippen LogP) is 2.42. The minimum absolute atomic E-state index is 0.139. The van der Waals surface area contributed by atoms with E-state index >= 15 is 0 Å². The molecule has 0 aliphatic carbocycles. The molecule has 1 heterocycles. The molecule has 0 saturated carbocycles. The molecule has 0 unspecified atom stereocenters. The fourth-order valence-electron chi connectivity index (χ4n) is 3.99. The van der Waals surface area contributed by atoms with Gasteiger partial charge in [-0.25, -0.2) is 4.98 Å². The second kappa shape index (κ2) is 9.54. The van der Waals surface area contributed by atoms with Crippen molar-refractivity contribution in [3.63, 3.8) is 0 Å². The maximum atomic E-state index is 12.6. The fourth-order valence-corrected chi connectivity index (χ4v) is 3.99. The van der Waals surface area contributed by atoms with Gasteiger partial charge in [-0.2, -0.15) is 0 Å². The Morgan fingerprint density at radius 2 is 1.64 bits per heavy atom. The Balaban J connectivity index is 1.91. The van der Waals surface area contributed by atoms with Crippen LogP contribution in [0.1, 0.15) is 34.2 Å². The maximum absolute atomic E-state index is 12.6. The van der Waals surface area contributed by atoms with Crippen molar-refractivity contribution < 1.29 is 20.1 Å². The van der Waals surface area contributed by atoms with Crippen LogP contribution in [0.4, 0.5) is 0 Å². The van der Waals surface area contributed by atoms with Crippen molar-refractivity contribution in [2.45, 2.75) is 25.2 Å². The average molecular weight is 446 g/mol. The summed E-state index contributed by atoms with van der Waals surface area (Å²) in [4.78, 5) is 17.3. The van der Waals surface area contributed by atoms with Gasteiger partial charge in [0.25, 0.3) is 5.91 Å². The molecule has 7 nitrogen and oxygen atoms in total. The summed E-state index contributed by atoms with van der Waals surface area (Å²) in [7, 11) is 0. The van der Waals surface area contributed by atoms with Crippen LogP contribution in [0.25, 0.3) is 11.0 Å². The van der Waals surface area contributed by atoms with Crippen LogP contribution in [0, 0.1) is 0 Å². The van der Waals surface area contributed by atoms with Gasteiger partial charge in [0, 0.05) is 18.7 Å². The Morgan fingerprint density at radius 1 is 1.03 bits per heavy atom. The van der Waals surface area contributed by atoms with Crippen molar-refractivity contribution in [2.24, 2.45) is 0 Å². The van der Waals surface area contributed by atoms with Crippen LogP contribution in [0.2, 0.25) is 0 Å². The number of imidazole rings is 1. The van der Waals surface area contributed by atoms with E-state index in [9.17, 15) is 20.1 Å². The van der Waals surface area contributed by atoms with Crippen LogP contribution in [0.3, 0.4) is 0 Å². The Hall–Kier alpha value is -3.52. The molecule has 0 radical (unpaired) electrons. The van der Waals surface area contributed by atoms with Crippen LogP contribution < -0.4 is 5.32 Å². The lowest BCUT2D eigenvalue weighted by molar-refractivity contribution is 0.0924. The molecule has 4 rings (SSSR count). The topological polar surface area (TPSA) is 108 Å². The second-order valence-corrected chi connectivity index (χ2v) is 8.02. The molecule has 1 atom stereocenters. The molecule has 0 spiro atoms. The zero-order valence-corrected chi connectivity index (χ0v) is 18.3. The van der Waals surface area contributed by atoms with E-state index in [1.807, 2.05) is 60.7 Å². The third-order valence-corrected chi connectivity index (χ3v) is 5.60. The number of amides is 1. The van der Waals surface area contributed by atoms with Crippen molar-refractivity contribution in [2.75, 3.05) is 13.2 Å². The minimum atomic E-state index is -1.58. The molecular weight excluding hydrogens is 418 g/mol. The van der Waals surface area contributed by atoms with Gasteiger partial charge in [0.1, 0.15) is 0 Å². The Kier molecular flexibility index (Phi) is 6.55. The van der Waals surface area contributed by atoms with Crippen LogP contribution in [-0.2, 0) is 12.1 Å². The number of carbonyl (C=O) groups is 1. The molecule has 170 valence electrons. The number of benzene rings is 3. The van der Waals surface area contributed by atoms with Crippen molar-refractivity contribution in [1.82, 2.24) is 14.9 Å². The van der Waals surface area contributed by atoms with E-state index in [0.29, 0.717) is 33.5 Å². The molecule has 1 amide bonds. The zero-order valence-electron chi connectivity index (χ0n) is 18.3. The number of aromatic nitrogens is 2. The van der Waals surface area contributed by atoms with Crippen LogP contribution in [0.5, 0.6) is 0 Å². The number of nitrogens with zero attached hydrogens (tertiary/aromatic N) is 2. The number of nitrogens with one attached hydrogen (secondary N) is 1. The third-order valence-electron chi connectivity index (χ3n) is 5.60. The molecule has 4 N–H and O–H groups in total. The molecule has 4 aromatic rings. The van der Waals surface area contributed by atoms with E-state index in [2.05, 4.69) is 5.32 Å². The van der Waals surface area contributed by atoms with Crippen molar-refractivity contribution in [1.29, 1.82) is 0 Å². The summed E-state index contributed by atoms with van der Waals surface area (Å²) in [5, 5.41) is 34.1. The predicted molar refractivity (Wildman–Crippen MR) is 126 cm³/mol. The van der Waals surface area contributed by atoms with Crippen molar-refractivity contribution in [3.8, 4) is 0 Å². The highest BCUT2D eigenvalue weighted by atomic mass is 16.3. The van der Waals surface area contributed by atoms with E-state index in [1.165, 1.54) is 0 Å². The van der Waals surface area contributed by atoms with Crippen molar-refractivity contribution in [3.05, 3.63) is 101 Å². The van der Waals surface area contributed by atoms with E-state index < -0.39 is 11.7 Å². The first-order valence-corrected chi connectivity index (χ1v) is 10.9. The summed E-state index contributed by atoms with van der Waals surface area (Å²) in [6.45, 7) is 1.75. The molecule has 0 aliphatic rings. The van der Waals surface area contributed by atoms with Gasteiger partial charge < -0.3 is 25.2 Å². The number of hydrogen-bond donors (Lipinski definition) is 4. The standard InChI is InChI=1S/C26H27N3O4/c1-18(31)17-27-24(32)19-12-13-22-23(16-19)29(14-15-30)25(28-22)26(33,20-8-4-2-5-9-20)21-10-6-3-7-11-21/h2-13,16,18,30-31,33H,14-15,17H2,1H3,(H,27,32)/t18-/m1/s1. The highest BCUT2D eigenvalue weighted by Gasteiger charge is 2.39. The van der Waals surface area contributed by atoms with Gasteiger partial charge >= 0.3 is 0 Å². The molecule has 7 heteroatoms. The molecule has 0 saturated heterocycles. The van der Waals surface area contributed by atoms with E-state index in [0.717, 1.165) is 0 Å². The third kappa shape index (κ3) is 4.39. The van der Waals surface area contributed by atoms with Gasteiger partial charge in [-0.05, 0) is 36.2 Å². The summed E-state index contributed by atoms with van der Waals surface area (Å²) in [6.07, 6.45) is -0.657. The van der Waals surface area contributed by atoms with Crippen LogP contribution in [-0.4, -0.2) is 50.0 Å². The normalized spacial score (nSPS) is 12.6. The Labute approximate surface area is 192 Å². The highest BCUT2D eigenvalue weighted by molar-refractivity contribution is 5.97. The average Bonchev–Trinajstić information content (AvgIpc) is 3.21. The summed E-state index contributed by atoms with van der Waals surface area (Å²) < 4.78 is 1.75. The fraction of sp³-hybridized carbons (Fsp3) is 0.231. The lowest BCUT2D eigenvalue weighted by Gasteiger charge is -2.29. The minimum Gasteiger partial charge on any atom is -0.395 e. The Morgan fingerprint density at radius 3 is 2.18 bits per heavy atom. The summed E-state index contributed by atoms with van der Waals surface area (Å²) >= 11 is 0. The van der Waals surface area contributed by atoms with Gasteiger partial charge in [-0.1, -0.05) is 60.7 Å². The molecule has 33 heavy (non-hydrogen) atoms. The molecule has 0 fully saturated rings. The van der Waals surface area contributed by atoms with Crippen LogP contribution >= 0.6 is 0 Å². The number of fused-ring (bicyclic) bond motifs is 1. The zero-order chi connectivity index (χ0) is 23.4. The summed E-state index contributed by atoms with van der Waals surface area (Å²) in [5.74, 6) is 0.0305. The molecule has 1 aromatic heterocycles. The lowest BCUT2D eigenvalue weighted by atomic mass is 9.85. The monoisotopic (exact) mass is 445 g/mol. The largest absolute Gasteiger partial charge is 0.395 e. The van der Waals surface area contributed by atoms with Gasteiger partial charge in [-0.15, -0.1) is 0 Å². The molecule has 3 aromatic carbocycles. The van der Waals surface area contributed by atoms with Gasteiger partial charge in [0.05, 0.1) is 23.7 Å². The molecular formula is C26H27N3O4. The summed E-state index contributed by atoms with van der Waals surface area (Å²) in [5.41, 5.74) is 1.31. The maximum Gasteiger partial charge on any atom is 0.251 e. The number of aliphatic hydroxyl groups excluding tert-OH is 2. The summed E-state index contributed by atoms with van der Waals surface area (Å²) in [6, 6.07) is 23.6. The van der Waals surface area contributed by atoms with E-state index in [4.69, 9.17) is 4.98 Å². The number of aliphatic hydroxyl groups is 3.